The van der Waals surface area contributed by atoms with Gasteiger partial charge in [0.05, 0.1) is 24.9 Å². The Labute approximate surface area is 169 Å². The first kappa shape index (κ1) is 19.9. The minimum Gasteiger partial charge on any atom is -0.508 e. The topological polar surface area (TPSA) is 94.6 Å². The van der Waals surface area contributed by atoms with Crippen molar-refractivity contribution in [3.05, 3.63) is 30.6 Å². The highest BCUT2D eigenvalue weighted by Gasteiger charge is 2.22. The van der Waals surface area contributed by atoms with Crippen LogP contribution in [0.15, 0.2) is 30.6 Å². The van der Waals surface area contributed by atoms with E-state index in [1.165, 1.54) is 0 Å². The highest BCUT2D eigenvalue weighted by atomic mass is 16.5. The molecule has 1 aliphatic rings. The first-order chi connectivity index (χ1) is 14.3. The highest BCUT2D eigenvalue weighted by Crippen LogP contribution is 2.34. The molecular formula is C21H28N4O4. The van der Waals surface area contributed by atoms with Crippen molar-refractivity contribution >= 4 is 10.9 Å². The van der Waals surface area contributed by atoms with Crippen LogP contribution in [-0.4, -0.2) is 56.2 Å². The third-order valence-corrected chi connectivity index (χ3v) is 5.19. The minimum absolute atomic E-state index is 0.0601. The third-order valence-electron chi connectivity index (χ3n) is 5.19. The van der Waals surface area contributed by atoms with E-state index in [1.54, 1.807) is 12.1 Å². The molecule has 29 heavy (non-hydrogen) atoms. The normalized spacial score (nSPS) is 17.2. The van der Waals surface area contributed by atoms with E-state index < -0.39 is 0 Å². The Morgan fingerprint density at radius 2 is 2.14 bits per heavy atom. The Morgan fingerprint density at radius 3 is 2.97 bits per heavy atom. The molecule has 3 heterocycles. The van der Waals surface area contributed by atoms with E-state index in [4.69, 9.17) is 19.7 Å². The van der Waals surface area contributed by atoms with Crippen LogP contribution in [0.1, 0.15) is 38.3 Å². The van der Waals surface area contributed by atoms with Crippen molar-refractivity contribution in [3.63, 3.8) is 0 Å². The summed E-state index contributed by atoms with van der Waals surface area (Å²) < 4.78 is 15.1. The molecular weight excluding hydrogens is 372 g/mol. The van der Waals surface area contributed by atoms with Gasteiger partial charge < -0.3 is 19.7 Å². The van der Waals surface area contributed by atoms with Gasteiger partial charge in [0.2, 0.25) is 0 Å². The summed E-state index contributed by atoms with van der Waals surface area (Å²) in [6.07, 6.45) is 8.75. The second-order valence-corrected chi connectivity index (χ2v) is 7.35. The van der Waals surface area contributed by atoms with Gasteiger partial charge in [-0.2, -0.15) is 10.2 Å². The number of aryl methyl sites for hydroxylation is 1. The van der Waals surface area contributed by atoms with Crippen LogP contribution in [0.5, 0.6) is 5.75 Å². The van der Waals surface area contributed by atoms with Crippen LogP contribution in [0.2, 0.25) is 0 Å². The van der Waals surface area contributed by atoms with E-state index in [0.717, 1.165) is 67.4 Å². The highest BCUT2D eigenvalue weighted by molar-refractivity contribution is 5.94. The molecule has 2 N–H and O–H groups in total. The van der Waals surface area contributed by atoms with Crippen molar-refractivity contribution in [2.75, 3.05) is 26.4 Å². The SMILES string of the molecule is OCCOCCCCn1cc(-c2nn(C3CCCCO3)c3ccc(O)cc23)cn1. The fourth-order valence-corrected chi connectivity index (χ4v) is 3.73. The van der Waals surface area contributed by atoms with Crippen molar-refractivity contribution in [2.24, 2.45) is 0 Å². The number of fused-ring (bicyclic) bond motifs is 1. The summed E-state index contributed by atoms with van der Waals surface area (Å²) in [6.45, 7) is 2.63. The molecule has 3 aromatic rings. The Morgan fingerprint density at radius 1 is 1.21 bits per heavy atom. The zero-order valence-corrected chi connectivity index (χ0v) is 16.5. The van der Waals surface area contributed by atoms with Gasteiger partial charge in [-0.05, 0) is 50.3 Å². The summed E-state index contributed by atoms with van der Waals surface area (Å²) in [7, 11) is 0. The smallest absolute Gasteiger partial charge is 0.150 e. The maximum atomic E-state index is 10.0. The zero-order valence-electron chi connectivity index (χ0n) is 16.5. The number of nitrogens with zero attached hydrogens (tertiary/aromatic N) is 4. The lowest BCUT2D eigenvalue weighted by Crippen LogP contribution is -2.19. The molecule has 0 saturated carbocycles. The van der Waals surface area contributed by atoms with Crippen molar-refractivity contribution in [1.82, 2.24) is 19.6 Å². The average molecular weight is 400 g/mol. The molecule has 0 aliphatic carbocycles. The zero-order chi connectivity index (χ0) is 20.1. The summed E-state index contributed by atoms with van der Waals surface area (Å²) in [6, 6.07) is 5.35. The van der Waals surface area contributed by atoms with Crippen LogP contribution < -0.4 is 0 Å². The number of aliphatic hydroxyl groups excluding tert-OH is 1. The Hall–Kier alpha value is -2.42. The van der Waals surface area contributed by atoms with E-state index in [2.05, 4.69) is 5.10 Å². The Bertz CT molecular complexity index is 930. The second kappa shape index (κ2) is 9.39. The van der Waals surface area contributed by atoms with Crippen molar-refractivity contribution in [2.45, 2.75) is 44.9 Å². The van der Waals surface area contributed by atoms with E-state index in [-0.39, 0.29) is 18.6 Å². The van der Waals surface area contributed by atoms with Gasteiger partial charge in [0.1, 0.15) is 11.4 Å². The molecule has 1 aromatic carbocycles. The molecule has 0 amide bonds. The summed E-state index contributed by atoms with van der Waals surface area (Å²) in [4.78, 5) is 0. The van der Waals surface area contributed by atoms with Crippen LogP contribution in [0, 0.1) is 0 Å². The molecule has 0 bridgehead atoms. The molecule has 1 unspecified atom stereocenters. The first-order valence-corrected chi connectivity index (χ1v) is 10.3. The molecule has 0 radical (unpaired) electrons. The number of hydrogen-bond acceptors (Lipinski definition) is 6. The summed E-state index contributed by atoms with van der Waals surface area (Å²) >= 11 is 0. The number of hydrogen-bond donors (Lipinski definition) is 2. The lowest BCUT2D eigenvalue weighted by atomic mass is 10.1. The predicted molar refractivity (Wildman–Crippen MR) is 109 cm³/mol. The Balaban J connectivity index is 1.53. The lowest BCUT2D eigenvalue weighted by Gasteiger charge is -2.23. The molecule has 2 aromatic heterocycles. The van der Waals surface area contributed by atoms with Gasteiger partial charge >= 0.3 is 0 Å². The number of benzene rings is 1. The van der Waals surface area contributed by atoms with Gasteiger partial charge in [-0.3, -0.25) is 4.68 Å². The van der Waals surface area contributed by atoms with E-state index in [0.29, 0.717) is 13.2 Å². The minimum atomic E-state index is -0.0708. The van der Waals surface area contributed by atoms with Crippen LogP contribution in [0.3, 0.4) is 0 Å². The maximum absolute atomic E-state index is 10.0. The molecule has 4 rings (SSSR count). The van der Waals surface area contributed by atoms with Crippen molar-refractivity contribution in [3.8, 4) is 17.0 Å². The lowest BCUT2D eigenvalue weighted by molar-refractivity contribution is -0.0365. The molecule has 1 saturated heterocycles. The number of aliphatic hydroxyl groups is 1. The molecule has 156 valence electrons. The van der Waals surface area contributed by atoms with E-state index in [1.807, 2.05) is 27.8 Å². The molecule has 1 fully saturated rings. The fourth-order valence-electron chi connectivity index (χ4n) is 3.73. The van der Waals surface area contributed by atoms with Crippen LogP contribution in [0.4, 0.5) is 0 Å². The summed E-state index contributed by atoms with van der Waals surface area (Å²) in [5.41, 5.74) is 2.69. The van der Waals surface area contributed by atoms with Crippen LogP contribution in [-0.2, 0) is 16.0 Å². The fraction of sp³-hybridized carbons (Fsp3) is 0.524. The average Bonchev–Trinajstić information content (AvgIpc) is 3.35. The number of aromatic nitrogens is 4. The summed E-state index contributed by atoms with van der Waals surface area (Å²) in [5.74, 6) is 0.220. The van der Waals surface area contributed by atoms with Gasteiger partial charge in [-0.25, -0.2) is 4.68 Å². The van der Waals surface area contributed by atoms with Crippen molar-refractivity contribution < 1.29 is 19.7 Å². The van der Waals surface area contributed by atoms with Gasteiger partial charge in [0.15, 0.2) is 6.23 Å². The monoisotopic (exact) mass is 400 g/mol. The third kappa shape index (κ3) is 4.60. The second-order valence-electron chi connectivity index (χ2n) is 7.35. The van der Waals surface area contributed by atoms with Gasteiger partial charge in [-0.1, -0.05) is 0 Å². The maximum Gasteiger partial charge on any atom is 0.150 e. The van der Waals surface area contributed by atoms with Crippen LogP contribution in [0.25, 0.3) is 22.2 Å². The van der Waals surface area contributed by atoms with Gasteiger partial charge in [0, 0.05) is 36.9 Å². The summed E-state index contributed by atoms with van der Waals surface area (Å²) in [5, 5.41) is 29.0. The first-order valence-electron chi connectivity index (χ1n) is 10.3. The standard InChI is InChI=1S/C21H28N4O4/c26-9-12-28-10-4-2-8-24-15-16(14-22-24)21-18-13-17(27)6-7-19(18)25(23-21)20-5-1-3-11-29-20/h6-7,13-15,20,26-27H,1-5,8-12H2. The van der Waals surface area contributed by atoms with Crippen LogP contribution >= 0.6 is 0 Å². The molecule has 0 spiro atoms. The number of aromatic hydroxyl groups is 1. The number of ether oxygens (including phenoxy) is 2. The molecule has 1 aliphatic heterocycles. The van der Waals surface area contributed by atoms with Crippen molar-refractivity contribution in [1.29, 1.82) is 0 Å². The van der Waals surface area contributed by atoms with Gasteiger partial charge in [0.25, 0.3) is 0 Å². The number of unbranched alkanes of at least 4 members (excludes halogenated alkanes) is 1. The predicted octanol–water partition coefficient (Wildman–Crippen LogP) is 3.09. The number of rotatable bonds is 9. The number of phenolic OH excluding ortho intramolecular Hbond substituents is 1. The quantitative estimate of drug-likeness (QED) is 0.536. The number of phenols is 1. The molecule has 8 nitrogen and oxygen atoms in total. The molecule has 1 atom stereocenters. The molecule has 8 heteroatoms. The largest absolute Gasteiger partial charge is 0.508 e. The van der Waals surface area contributed by atoms with E-state index >= 15 is 0 Å². The Kier molecular flexibility index (Phi) is 6.43. The van der Waals surface area contributed by atoms with Gasteiger partial charge in [-0.15, -0.1) is 0 Å². The van der Waals surface area contributed by atoms with E-state index in [9.17, 15) is 5.11 Å².